The highest BCUT2D eigenvalue weighted by Crippen LogP contribution is 2.14. The number of sulfone groups is 1. The number of nitrogens with one attached hydrogen (secondary N) is 1. The first-order valence-electron chi connectivity index (χ1n) is 6.95. The second-order valence-corrected chi connectivity index (χ2v) is 7.54. The van der Waals surface area contributed by atoms with Gasteiger partial charge in [0.1, 0.15) is 5.82 Å². The van der Waals surface area contributed by atoms with Crippen LogP contribution in [0.4, 0.5) is 0 Å². The quantitative estimate of drug-likeness (QED) is 0.906. The molecule has 1 unspecified atom stereocenters. The minimum Gasteiger partial charge on any atom is -0.306 e. The molecule has 0 bridgehead atoms. The molecule has 0 saturated carbocycles. The van der Waals surface area contributed by atoms with Crippen LogP contribution in [0.5, 0.6) is 0 Å². The molecular weight excluding hydrogens is 288 g/mol. The maximum Gasteiger partial charge on any atom is 0.151 e. The Hall–Kier alpha value is -1.73. The average molecular weight is 306 g/mol. The van der Waals surface area contributed by atoms with Gasteiger partial charge in [-0.1, -0.05) is 18.2 Å². The molecule has 112 valence electrons. The van der Waals surface area contributed by atoms with Crippen LogP contribution in [0.15, 0.2) is 30.3 Å². The minimum atomic E-state index is -2.86. The van der Waals surface area contributed by atoms with Gasteiger partial charge in [0.25, 0.3) is 0 Å². The number of benzene rings is 1. The van der Waals surface area contributed by atoms with E-state index in [4.69, 9.17) is 0 Å². The summed E-state index contributed by atoms with van der Waals surface area (Å²) in [4.78, 5) is 0. The molecule has 1 fully saturated rings. The van der Waals surface area contributed by atoms with Gasteiger partial charge in [-0.2, -0.15) is 0 Å². The number of aromatic nitrogens is 3. The van der Waals surface area contributed by atoms with Gasteiger partial charge in [-0.3, -0.25) is 4.57 Å². The molecule has 1 atom stereocenters. The smallest absolute Gasteiger partial charge is 0.151 e. The van der Waals surface area contributed by atoms with Crippen LogP contribution in [0.2, 0.25) is 0 Å². The summed E-state index contributed by atoms with van der Waals surface area (Å²) in [5.74, 6) is 2.10. The van der Waals surface area contributed by atoms with Crippen LogP contribution in [-0.4, -0.2) is 40.7 Å². The molecule has 0 amide bonds. The molecule has 1 aromatic carbocycles. The predicted molar refractivity (Wildman–Crippen MR) is 80.0 cm³/mol. The molecule has 1 N–H and O–H groups in total. The van der Waals surface area contributed by atoms with Crippen molar-refractivity contribution in [2.24, 2.45) is 0 Å². The van der Waals surface area contributed by atoms with Gasteiger partial charge < -0.3 is 5.32 Å². The monoisotopic (exact) mass is 306 g/mol. The van der Waals surface area contributed by atoms with E-state index in [1.165, 1.54) is 0 Å². The number of para-hydroxylation sites is 1. The lowest BCUT2D eigenvalue weighted by Crippen LogP contribution is -2.30. The van der Waals surface area contributed by atoms with Gasteiger partial charge in [-0.05, 0) is 25.5 Å². The average Bonchev–Trinajstić information content (AvgIpc) is 3.00. The van der Waals surface area contributed by atoms with E-state index in [2.05, 4.69) is 15.5 Å². The molecule has 6 nitrogen and oxygen atoms in total. The summed E-state index contributed by atoms with van der Waals surface area (Å²) in [7, 11) is -2.86. The van der Waals surface area contributed by atoms with Crippen molar-refractivity contribution in [2.45, 2.75) is 25.9 Å². The lowest BCUT2D eigenvalue weighted by molar-refractivity contribution is 0.537. The predicted octanol–water partition coefficient (Wildman–Crippen LogP) is 0.852. The Labute approximate surface area is 124 Å². The third-order valence-electron chi connectivity index (χ3n) is 3.69. The fourth-order valence-electron chi connectivity index (χ4n) is 2.63. The minimum absolute atomic E-state index is 0.0104. The van der Waals surface area contributed by atoms with Crippen LogP contribution in [0.25, 0.3) is 5.69 Å². The third kappa shape index (κ3) is 3.14. The number of rotatable bonds is 4. The normalized spacial score (nSPS) is 20.7. The zero-order valence-corrected chi connectivity index (χ0v) is 12.7. The Kier molecular flexibility index (Phi) is 3.77. The summed E-state index contributed by atoms with van der Waals surface area (Å²) in [6.45, 7) is 2.42. The van der Waals surface area contributed by atoms with Gasteiger partial charge in [0, 0.05) is 11.7 Å². The van der Waals surface area contributed by atoms with Crippen molar-refractivity contribution >= 4 is 9.84 Å². The molecule has 1 saturated heterocycles. The van der Waals surface area contributed by atoms with Crippen molar-refractivity contribution in [1.82, 2.24) is 20.1 Å². The molecule has 0 aliphatic carbocycles. The summed E-state index contributed by atoms with van der Waals surface area (Å²) in [5.41, 5.74) is 1.01. The molecule has 1 aromatic heterocycles. The first-order chi connectivity index (χ1) is 10.1. The second-order valence-electron chi connectivity index (χ2n) is 5.32. The Morgan fingerprint density at radius 3 is 2.71 bits per heavy atom. The van der Waals surface area contributed by atoms with E-state index in [-0.39, 0.29) is 17.5 Å². The molecule has 2 heterocycles. The van der Waals surface area contributed by atoms with Crippen LogP contribution in [0, 0.1) is 6.92 Å². The van der Waals surface area contributed by atoms with Crippen molar-refractivity contribution < 1.29 is 8.42 Å². The van der Waals surface area contributed by atoms with Crippen LogP contribution in [0.1, 0.15) is 18.1 Å². The molecule has 0 radical (unpaired) electrons. The lowest BCUT2D eigenvalue weighted by Gasteiger charge is -2.12. The molecule has 0 spiro atoms. The Morgan fingerprint density at radius 1 is 1.29 bits per heavy atom. The number of hydrogen-bond donors (Lipinski definition) is 1. The standard InChI is InChI=1S/C14H18N4O2S/c1-11-16-17-14(18(11)13-5-3-2-4-6-13)9-15-12-7-8-21(19,20)10-12/h2-6,12,15H,7-10H2,1H3. The molecule has 1 aliphatic heterocycles. The van der Waals surface area contributed by atoms with Crippen molar-refractivity contribution in [1.29, 1.82) is 0 Å². The summed E-state index contributed by atoms with van der Waals surface area (Å²) in [6, 6.07) is 9.91. The zero-order chi connectivity index (χ0) is 14.9. The molecule has 1 aliphatic rings. The highest BCUT2D eigenvalue weighted by Gasteiger charge is 2.27. The van der Waals surface area contributed by atoms with E-state index >= 15 is 0 Å². The van der Waals surface area contributed by atoms with Gasteiger partial charge in [-0.15, -0.1) is 10.2 Å². The Balaban J connectivity index is 1.75. The number of nitrogens with zero attached hydrogens (tertiary/aromatic N) is 3. The maximum atomic E-state index is 11.5. The van der Waals surface area contributed by atoms with Crippen molar-refractivity contribution in [3.63, 3.8) is 0 Å². The number of hydrogen-bond acceptors (Lipinski definition) is 5. The Morgan fingerprint density at radius 2 is 2.05 bits per heavy atom. The second kappa shape index (κ2) is 5.57. The van der Waals surface area contributed by atoms with Gasteiger partial charge >= 0.3 is 0 Å². The summed E-state index contributed by atoms with van der Waals surface area (Å²) < 4.78 is 24.9. The van der Waals surface area contributed by atoms with E-state index in [9.17, 15) is 8.42 Å². The third-order valence-corrected chi connectivity index (χ3v) is 5.46. The summed E-state index contributed by atoms with van der Waals surface area (Å²) >= 11 is 0. The lowest BCUT2D eigenvalue weighted by atomic mass is 10.2. The molecule has 2 aromatic rings. The van der Waals surface area contributed by atoms with Crippen LogP contribution >= 0.6 is 0 Å². The van der Waals surface area contributed by atoms with Crippen molar-refractivity contribution in [3.8, 4) is 5.69 Å². The number of aryl methyl sites for hydroxylation is 1. The van der Waals surface area contributed by atoms with E-state index in [0.717, 1.165) is 17.3 Å². The topological polar surface area (TPSA) is 76.9 Å². The van der Waals surface area contributed by atoms with E-state index in [1.54, 1.807) is 0 Å². The SMILES string of the molecule is Cc1nnc(CNC2CCS(=O)(=O)C2)n1-c1ccccc1. The molecule has 21 heavy (non-hydrogen) atoms. The fourth-order valence-corrected chi connectivity index (χ4v) is 4.33. The summed E-state index contributed by atoms with van der Waals surface area (Å²) in [5, 5.41) is 11.6. The van der Waals surface area contributed by atoms with Crippen LogP contribution in [-0.2, 0) is 16.4 Å². The summed E-state index contributed by atoms with van der Waals surface area (Å²) in [6.07, 6.45) is 0.667. The largest absolute Gasteiger partial charge is 0.306 e. The zero-order valence-electron chi connectivity index (χ0n) is 11.9. The maximum absolute atomic E-state index is 11.5. The molecule has 3 rings (SSSR count). The van der Waals surface area contributed by atoms with Crippen LogP contribution < -0.4 is 5.32 Å². The highest BCUT2D eigenvalue weighted by atomic mass is 32.2. The first kappa shape index (κ1) is 14.2. The first-order valence-corrected chi connectivity index (χ1v) is 8.77. The van der Waals surface area contributed by atoms with E-state index in [1.807, 2.05) is 41.8 Å². The Bertz CT molecular complexity index is 725. The molecule has 7 heteroatoms. The van der Waals surface area contributed by atoms with E-state index in [0.29, 0.717) is 13.0 Å². The van der Waals surface area contributed by atoms with Gasteiger partial charge in [-0.25, -0.2) is 8.42 Å². The molecular formula is C14H18N4O2S. The van der Waals surface area contributed by atoms with Crippen LogP contribution in [0.3, 0.4) is 0 Å². The van der Waals surface area contributed by atoms with Gasteiger partial charge in [0.15, 0.2) is 15.7 Å². The van der Waals surface area contributed by atoms with Crippen molar-refractivity contribution in [2.75, 3.05) is 11.5 Å². The van der Waals surface area contributed by atoms with Crippen molar-refractivity contribution in [3.05, 3.63) is 42.0 Å². The van der Waals surface area contributed by atoms with Gasteiger partial charge in [0.2, 0.25) is 0 Å². The highest BCUT2D eigenvalue weighted by molar-refractivity contribution is 7.91. The fraction of sp³-hybridized carbons (Fsp3) is 0.429. The van der Waals surface area contributed by atoms with E-state index < -0.39 is 9.84 Å². The van der Waals surface area contributed by atoms with Gasteiger partial charge in [0.05, 0.1) is 18.1 Å².